The van der Waals surface area contributed by atoms with Gasteiger partial charge in [0, 0.05) is 12.6 Å². The second-order valence-corrected chi connectivity index (χ2v) is 4.01. The Balaban J connectivity index is 2.20. The molecular weight excluding hydrogens is 174 g/mol. The van der Waals surface area contributed by atoms with Gasteiger partial charge < -0.3 is 10.5 Å². The molecule has 0 saturated carbocycles. The zero-order chi connectivity index (χ0) is 9.97. The van der Waals surface area contributed by atoms with Gasteiger partial charge >= 0.3 is 0 Å². The Labute approximate surface area is 85.1 Å². The molecular formula is C12H17NO. The van der Waals surface area contributed by atoms with Crippen LogP contribution in [0.3, 0.4) is 0 Å². The van der Waals surface area contributed by atoms with Crippen LogP contribution >= 0.6 is 0 Å². The molecule has 0 aliphatic carbocycles. The Kier molecular flexibility index (Phi) is 2.85. The van der Waals surface area contributed by atoms with Crippen molar-refractivity contribution in [2.24, 2.45) is 5.73 Å². The summed E-state index contributed by atoms with van der Waals surface area (Å²) in [6.07, 6.45) is 2.26. The van der Waals surface area contributed by atoms with Gasteiger partial charge in [-0.1, -0.05) is 29.8 Å². The lowest BCUT2D eigenvalue weighted by atomic mass is 9.96. The molecule has 1 saturated heterocycles. The van der Waals surface area contributed by atoms with Crippen LogP contribution in [-0.4, -0.2) is 12.6 Å². The number of nitrogens with two attached hydrogens (primary N) is 1. The highest BCUT2D eigenvalue weighted by Gasteiger charge is 2.23. The molecule has 2 nitrogen and oxygen atoms in total. The van der Waals surface area contributed by atoms with E-state index in [1.807, 2.05) is 0 Å². The highest BCUT2D eigenvalue weighted by molar-refractivity contribution is 5.25. The standard InChI is InChI=1S/C12H17NO/c1-9-4-2-5-10(8-9)12-11(13)6-3-7-14-12/h2,4-5,8,11-12H,3,6-7,13H2,1H3. The first kappa shape index (κ1) is 9.69. The molecule has 2 atom stereocenters. The third kappa shape index (κ3) is 1.97. The van der Waals surface area contributed by atoms with Crippen molar-refractivity contribution in [2.45, 2.75) is 31.9 Å². The van der Waals surface area contributed by atoms with Crippen molar-refractivity contribution in [3.05, 3.63) is 35.4 Å². The van der Waals surface area contributed by atoms with Crippen LogP contribution in [0.25, 0.3) is 0 Å². The molecule has 1 heterocycles. The number of rotatable bonds is 1. The van der Waals surface area contributed by atoms with Crippen LogP contribution in [-0.2, 0) is 4.74 Å². The molecule has 0 bridgehead atoms. The molecule has 76 valence electrons. The monoisotopic (exact) mass is 191 g/mol. The average molecular weight is 191 g/mol. The van der Waals surface area contributed by atoms with Crippen LogP contribution in [0.2, 0.25) is 0 Å². The third-order valence-electron chi connectivity index (χ3n) is 2.74. The Morgan fingerprint density at radius 2 is 2.29 bits per heavy atom. The summed E-state index contributed by atoms with van der Waals surface area (Å²) in [6.45, 7) is 2.93. The zero-order valence-corrected chi connectivity index (χ0v) is 8.57. The molecule has 1 fully saturated rings. The highest BCUT2D eigenvalue weighted by Crippen LogP contribution is 2.27. The molecule has 14 heavy (non-hydrogen) atoms. The lowest BCUT2D eigenvalue weighted by Crippen LogP contribution is -2.34. The average Bonchev–Trinajstić information content (AvgIpc) is 2.18. The van der Waals surface area contributed by atoms with Gasteiger partial charge in [0.1, 0.15) is 0 Å². The highest BCUT2D eigenvalue weighted by atomic mass is 16.5. The van der Waals surface area contributed by atoms with E-state index in [0.717, 1.165) is 19.4 Å². The van der Waals surface area contributed by atoms with Crippen molar-refractivity contribution < 1.29 is 4.74 Å². The van der Waals surface area contributed by atoms with Gasteiger partial charge in [-0.25, -0.2) is 0 Å². The molecule has 2 rings (SSSR count). The largest absolute Gasteiger partial charge is 0.372 e. The molecule has 1 aliphatic heterocycles. The minimum atomic E-state index is 0.101. The van der Waals surface area contributed by atoms with Gasteiger partial charge in [-0.05, 0) is 25.3 Å². The van der Waals surface area contributed by atoms with Crippen molar-refractivity contribution in [1.82, 2.24) is 0 Å². The van der Waals surface area contributed by atoms with Crippen LogP contribution in [0.4, 0.5) is 0 Å². The fraction of sp³-hybridized carbons (Fsp3) is 0.500. The van der Waals surface area contributed by atoms with Crippen LogP contribution in [0.1, 0.15) is 30.1 Å². The first-order valence-corrected chi connectivity index (χ1v) is 5.21. The van der Waals surface area contributed by atoms with Gasteiger partial charge in [-0.15, -0.1) is 0 Å². The molecule has 0 spiro atoms. The van der Waals surface area contributed by atoms with Crippen molar-refractivity contribution in [2.75, 3.05) is 6.61 Å². The van der Waals surface area contributed by atoms with E-state index in [9.17, 15) is 0 Å². The Morgan fingerprint density at radius 3 is 3.00 bits per heavy atom. The topological polar surface area (TPSA) is 35.2 Å². The van der Waals surface area contributed by atoms with E-state index in [1.54, 1.807) is 0 Å². The summed E-state index contributed by atoms with van der Waals surface area (Å²) in [7, 11) is 0. The fourth-order valence-electron chi connectivity index (χ4n) is 1.99. The summed E-state index contributed by atoms with van der Waals surface area (Å²) in [6, 6.07) is 8.58. The molecule has 0 radical (unpaired) electrons. The Hall–Kier alpha value is -0.860. The summed E-state index contributed by atoms with van der Waals surface area (Å²) in [4.78, 5) is 0. The molecule has 0 amide bonds. The summed E-state index contributed by atoms with van der Waals surface area (Å²) >= 11 is 0. The van der Waals surface area contributed by atoms with Crippen LogP contribution in [0.15, 0.2) is 24.3 Å². The number of benzene rings is 1. The summed E-state index contributed by atoms with van der Waals surface area (Å²) in [5, 5.41) is 0. The zero-order valence-electron chi connectivity index (χ0n) is 8.57. The first-order valence-electron chi connectivity index (χ1n) is 5.21. The van der Waals surface area contributed by atoms with E-state index in [0.29, 0.717) is 0 Å². The smallest absolute Gasteiger partial charge is 0.0975 e. The first-order chi connectivity index (χ1) is 6.77. The van der Waals surface area contributed by atoms with E-state index >= 15 is 0 Å². The predicted octanol–water partition coefficient (Wildman–Crippen LogP) is 2.17. The van der Waals surface area contributed by atoms with Crippen LogP contribution in [0.5, 0.6) is 0 Å². The van der Waals surface area contributed by atoms with Crippen molar-refractivity contribution >= 4 is 0 Å². The van der Waals surface area contributed by atoms with E-state index in [1.165, 1.54) is 11.1 Å². The molecule has 2 unspecified atom stereocenters. The lowest BCUT2D eigenvalue weighted by Gasteiger charge is -2.29. The minimum absolute atomic E-state index is 0.101. The van der Waals surface area contributed by atoms with Crippen molar-refractivity contribution in [3.63, 3.8) is 0 Å². The van der Waals surface area contributed by atoms with E-state index in [2.05, 4.69) is 31.2 Å². The maximum atomic E-state index is 6.04. The van der Waals surface area contributed by atoms with Gasteiger partial charge in [-0.3, -0.25) is 0 Å². The fourth-order valence-corrected chi connectivity index (χ4v) is 1.99. The number of aryl methyl sites for hydroxylation is 1. The number of ether oxygens (including phenoxy) is 1. The van der Waals surface area contributed by atoms with E-state index in [4.69, 9.17) is 10.5 Å². The van der Waals surface area contributed by atoms with E-state index < -0.39 is 0 Å². The van der Waals surface area contributed by atoms with Crippen molar-refractivity contribution in [1.29, 1.82) is 0 Å². The third-order valence-corrected chi connectivity index (χ3v) is 2.74. The van der Waals surface area contributed by atoms with Crippen LogP contribution in [0, 0.1) is 6.92 Å². The second kappa shape index (κ2) is 4.11. The predicted molar refractivity (Wildman–Crippen MR) is 57.1 cm³/mol. The summed E-state index contributed by atoms with van der Waals surface area (Å²) in [5.74, 6) is 0. The maximum Gasteiger partial charge on any atom is 0.0975 e. The molecule has 0 aromatic heterocycles. The van der Waals surface area contributed by atoms with Gasteiger partial charge in [0.25, 0.3) is 0 Å². The Morgan fingerprint density at radius 1 is 1.43 bits per heavy atom. The Bertz CT molecular complexity index is 311. The van der Waals surface area contributed by atoms with Crippen LogP contribution < -0.4 is 5.73 Å². The quantitative estimate of drug-likeness (QED) is 0.738. The molecule has 2 N–H and O–H groups in total. The van der Waals surface area contributed by atoms with Gasteiger partial charge in [0.2, 0.25) is 0 Å². The molecule has 1 aromatic rings. The summed E-state index contributed by atoms with van der Waals surface area (Å²) < 4.78 is 5.71. The molecule has 1 aromatic carbocycles. The van der Waals surface area contributed by atoms with Gasteiger partial charge in [0.15, 0.2) is 0 Å². The minimum Gasteiger partial charge on any atom is -0.372 e. The molecule has 1 aliphatic rings. The normalized spacial score (nSPS) is 27.6. The second-order valence-electron chi connectivity index (χ2n) is 4.01. The van der Waals surface area contributed by atoms with Gasteiger partial charge in [-0.2, -0.15) is 0 Å². The number of hydrogen-bond acceptors (Lipinski definition) is 2. The molecule has 2 heteroatoms. The summed E-state index contributed by atoms with van der Waals surface area (Å²) in [5.41, 5.74) is 8.52. The van der Waals surface area contributed by atoms with Crippen molar-refractivity contribution in [3.8, 4) is 0 Å². The number of hydrogen-bond donors (Lipinski definition) is 1. The van der Waals surface area contributed by atoms with E-state index in [-0.39, 0.29) is 12.1 Å². The maximum absolute atomic E-state index is 6.04. The van der Waals surface area contributed by atoms with Gasteiger partial charge in [0.05, 0.1) is 6.10 Å². The lowest BCUT2D eigenvalue weighted by molar-refractivity contribution is 0.000118. The SMILES string of the molecule is Cc1cccc(C2OCCCC2N)c1.